The summed E-state index contributed by atoms with van der Waals surface area (Å²) in [7, 11) is 0. The third kappa shape index (κ3) is 5.57. The molecule has 1 aromatic heterocycles. The van der Waals surface area contributed by atoms with Crippen molar-refractivity contribution in [1.29, 1.82) is 0 Å². The minimum atomic E-state index is -0.600. The zero-order chi connectivity index (χ0) is 22.2. The van der Waals surface area contributed by atoms with Crippen LogP contribution in [0.3, 0.4) is 0 Å². The molecule has 0 atom stereocenters. The molecule has 0 aliphatic heterocycles. The lowest BCUT2D eigenvalue weighted by Crippen LogP contribution is -2.24. The van der Waals surface area contributed by atoms with Gasteiger partial charge in [-0.3, -0.25) is 5.32 Å². The Morgan fingerprint density at radius 2 is 1.75 bits per heavy atom. The van der Waals surface area contributed by atoms with Crippen LogP contribution in [0.1, 0.15) is 16.7 Å². The average Bonchev–Trinajstić information content (AvgIpc) is 3.28. The summed E-state index contributed by atoms with van der Waals surface area (Å²) in [6.07, 6.45) is 1.54. The summed E-state index contributed by atoms with van der Waals surface area (Å²) in [5, 5.41) is 14.2. The Hall–Kier alpha value is -4.46. The van der Waals surface area contributed by atoms with Gasteiger partial charge < -0.3 is 9.15 Å². The van der Waals surface area contributed by atoms with Crippen LogP contribution in [-0.4, -0.2) is 22.4 Å². The summed E-state index contributed by atoms with van der Waals surface area (Å²) < 4.78 is 11.5. The van der Waals surface area contributed by atoms with Crippen molar-refractivity contribution in [3.8, 4) is 17.2 Å². The van der Waals surface area contributed by atoms with Gasteiger partial charge in [-0.1, -0.05) is 77.4 Å². The Balaban J connectivity index is 1.37. The van der Waals surface area contributed by atoms with Crippen molar-refractivity contribution in [3.63, 3.8) is 0 Å². The van der Waals surface area contributed by atoms with Crippen molar-refractivity contribution in [2.24, 2.45) is 5.10 Å². The first-order valence-corrected chi connectivity index (χ1v) is 9.94. The van der Waals surface area contributed by atoms with Crippen LogP contribution in [-0.2, 0) is 6.61 Å². The van der Waals surface area contributed by atoms with Crippen LogP contribution in [0.25, 0.3) is 11.5 Å². The molecule has 2 amide bonds. The highest BCUT2D eigenvalue weighted by Crippen LogP contribution is 2.30. The van der Waals surface area contributed by atoms with Crippen LogP contribution in [0, 0.1) is 6.92 Å². The molecule has 0 aliphatic rings. The van der Waals surface area contributed by atoms with Gasteiger partial charge in [-0.15, -0.1) is 5.10 Å². The zero-order valence-electron chi connectivity index (χ0n) is 17.4. The van der Waals surface area contributed by atoms with Gasteiger partial charge >= 0.3 is 12.0 Å². The number of nitrogens with zero attached hydrogens (tertiary/aromatic N) is 3. The molecule has 0 fully saturated rings. The summed E-state index contributed by atoms with van der Waals surface area (Å²) in [5.41, 5.74) is 6.04. The lowest BCUT2D eigenvalue weighted by molar-refractivity contribution is 0.252. The number of carbonyl (C=O) groups excluding carboxylic acids is 1. The number of hydrogen-bond acceptors (Lipinski definition) is 6. The lowest BCUT2D eigenvalue weighted by atomic mass is 10.2. The number of aryl methyl sites for hydroxylation is 1. The number of para-hydroxylation sites is 1. The maximum Gasteiger partial charge on any atom is 0.343 e. The number of hydrogen-bond donors (Lipinski definition) is 2. The van der Waals surface area contributed by atoms with Crippen molar-refractivity contribution in [2.75, 3.05) is 5.32 Å². The fraction of sp³-hybridized carbons (Fsp3) is 0.0833. The number of aromatic nitrogens is 2. The van der Waals surface area contributed by atoms with E-state index in [0.717, 1.165) is 16.7 Å². The number of rotatable bonds is 7. The van der Waals surface area contributed by atoms with Crippen LogP contribution < -0.4 is 15.5 Å². The fourth-order valence-corrected chi connectivity index (χ4v) is 2.83. The van der Waals surface area contributed by atoms with Crippen LogP contribution in [0.2, 0.25) is 0 Å². The monoisotopic (exact) mass is 427 g/mol. The minimum absolute atomic E-state index is 0.0547. The number of benzene rings is 3. The number of anilines is 1. The molecule has 160 valence electrons. The van der Waals surface area contributed by atoms with Crippen LogP contribution in [0.4, 0.5) is 10.8 Å². The second kappa shape index (κ2) is 10.0. The second-order valence-corrected chi connectivity index (χ2v) is 6.92. The molecule has 0 bridgehead atoms. The highest BCUT2D eigenvalue weighted by atomic mass is 16.5. The summed E-state index contributed by atoms with van der Waals surface area (Å²) in [4.78, 5) is 12.0. The molecule has 3 aromatic carbocycles. The van der Waals surface area contributed by atoms with Crippen molar-refractivity contribution in [2.45, 2.75) is 13.5 Å². The van der Waals surface area contributed by atoms with E-state index in [1.54, 1.807) is 6.21 Å². The Morgan fingerprint density at radius 1 is 1.00 bits per heavy atom. The molecular formula is C24H21N5O3. The average molecular weight is 427 g/mol. The molecule has 0 saturated heterocycles. The van der Waals surface area contributed by atoms with E-state index in [2.05, 4.69) is 26.0 Å². The van der Waals surface area contributed by atoms with Crippen molar-refractivity contribution < 1.29 is 13.9 Å². The quantitative estimate of drug-likeness (QED) is 0.326. The van der Waals surface area contributed by atoms with Crippen molar-refractivity contribution in [1.82, 2.24) is 15.6 Å². The topological polar surface area (TPSA) is 102 Å². The molecule has 4 aromatic rings. The van der Waals surface area contributed by atoms with E-state index in [4.69, 9.17) is 9.15 Å². The van der Waals surface area contributed by atoms with Gasteiger partial charge in [-0.05, 0) is 30.2 Å². The van der Waals surface area contributed by atoms with Crippen molar-refractivity contribution in [3.05, 3.63) is 95.6 Å². The molecule has 2 N–H and O–H groups in total. The van der Waals surface area contributed by atoms with Gasteiger partial charge in [-0.25, -0.2) is 10.2 Å². The predicted octanol–water partition coefficient (Wildman–Crippen LogP) is 4.78. The van der Waals surface area contributed by atoms with E-state index in [1.165, 1.54) is 0 Å². The molecule has 0 aliphatic carbocycles. The second-order valence-electron chi connectivity index (χ2n) is 6.92. The molecule has 8 heteroatoms. The SMILES string of the molecule is Cc1ccc(/C=N/NC(=O)Nc2nnc(-c3ccccc3OCc3ccccc3)o2)cc1. The Bertz CT molecular complexity index is 1200. The van der Waals surface area contributed by atoms with Gasteiger partial charge in [0.2, 0.25) is 0 Å². The van der Waals surface area contributed by atoms with Crippen LogP contribution in [0.15, 0.2) is 88.4 Å². The normalized spacial score (nSPS) is 10.8. The first kappa shape index (κ1) is 20.8. The number of nitrogens with one attached hydrogen (secondary N) is 2. The molecule has 0 unspecified atom stereocenters. The Labute approximate surface area is 185 Å². The zero-order valence-corrected chi connectivity index (χ0v) is 17.4. The number of amides is 2. The van der Waals surface area contributed by atoms with Gasteiger partial charge in [0.25, 0.3) is 5.89 Å². The standard InChI is InChI=1S/C24H21N5O3/c1-17-11-13-18(14-12-17)15-25-28-23(30)26-24-29-27-22(32-24)20-9-5-6-10-21(20)31-16-19-7-3-2-4-8-19/h2-15H,16H2,1H3,(H2,26,28,29,30)/b25-15+. The highest BCUT2D eigenvalue weighted by Gasteiger charge is 2.15. The van der Waals surface area contributed by atoms with Gasteiger partial charge in [-0.2, -0.15) is 5.10 Å². The molecule has 32 heavy (non-hydrogen) atoms. The largest absolute Gasteiger partial charge is 0.488 e. The number of hydrazone groups is 1. The molecule has 0 spiro atoms. The predicted molar refractivity (Wildman–Crippen MR) is 121 cm³/mol. The van der Waals surface area contributed by atoms with Gasteiger partial charge in [0.1, 0.15) is 12.4 Å². The van der Waals surface area contributed by atoms with Gasteiger partial charge in [0.15, 0.2) is 0 Å². The van der Waals surface area contributed by atoms with E-state index in [1.807, 2.05) is 85.8 Å². The lowest BCUT2D eigenvalue weighted by Gasteiger charge is -2.09. The number of urea groups is 1. The maximum absolute atomic E-state index is 12.0. The first-order chi connectivity index (χ1) is 15.7. The molecule has 0 radical (unpaired) electrons. The molecular weight excluding hydrogens is 406 g/mol. The van der Waals surface area contributed by atoms with E-state index in [9.17, 15) is 4.79 Å². The minimum Gasteiger partial charge on any atom is -0.488 e. The van der Waals surface area contributed by atoms with Gasteiger partial charge in [0.05, 0.1) is 11.8 Å². The smallest absolute Gasteiger partial charge is 0.343 e. The molecule has 8 nitrogen and oxygen atoms in total. The van der Waals surface area contributed by atoms with E-state index >= 15 is 0 Å². The van der Waals surface area contributed by atoms with Gasteiger partial charge in [0, 0.05) is 0 Å². The van der Waals surface area contributed by atoms with Crippen molar-refractivity contribution >= 4 is 18.3 Å². The molecule has 0 saturated carbocycles. The third-order valence-corrected chi connectivity index (χ3v) is 4.46. The summed E-state index contributed by atoms with van der Waals surface area (Å²) in [6, 6.07) is 24.2. The van der Waals surface area contributed by atoms with E-state index in [0.29, 0.717) is 17.9 Å². The van der Waals surface area contributed by atoms with Crippen LogP contribution in [0.5, 0.6) is 5.75 Å². The third-order valence-electron chi connectivity index (χ3n) is 4.46. The Morgan fingerprint density at radius 3 is 2.56 bits per heavy atom. The number of carbonyl (C=O) groups is 1. The summed E-state index contributed by atoms with van der Waals surface area (Å²) in [5.74, 6) is 0.825. The summed E-state index contributed by atoms with van der Waals surface area (Å²) in [6.45, 7) is 2.40. The molecule has 1 heterocycles. The van der Waals surface area contributed by atoms with Crippen LogP contribution >= 0.6 is 0 Å². The maximum atomic E-state index is 12.0. The summed E-state index contributed by atoms with van der Waals surface area (Å²) >= 11 is 0. The molecule has 4 rings (SSSR count). The van der Waals surface area contributed by atoms with E-state index in [-0.39, 0.29) is 11.9 Å². The number of ether oxygens (including phenoxy) is 1. The van der Waals surface area contributed by atoms with E-state index < -0.39 is 6.03 Å². The first-order valence-electron chi connectivity index (χ1n) is 9.94. The fourth-order valence-electron chi connectivity index (χ4n) is 2.83. The highest BCUT2D eigenvalue weighted by molar-refractivity contribution is 5.88. The Kier molecular flexibility index (Phi) is 6.52.